The molecule has 0 saturated heterocycles. The molecule has 0 aliphatic carbocycles. The summed E-state index contributed by atoms with van der Waals surface area (Å²) >= 11 is 0. The van der Waals surface area contributed by atoms with Crippen LogP contribution in [-0.4, -0.2) is 58.6 Å². The molecule has 8 nitrogen and oxygen atoms in total. The van der Waals surface area contributed by atoms with Crippen LogP contribution < -0.4 is 0 Å². The molecule has 0 unspecified atom stereocenters. The van der Waals surface area contributed by atoms with Gasteiger partial charge in [0.05, 0.1) is 13.2 Å². The van der Waals surface area contributed by atoms with Crippen molar-refractivity contribution in [3.05, 3.63) is 0 Å². The predicted molar refractivity (Wildman–Crippen MR) is 94.2 cm³/mol. The van der Waals surface area contributed by atoms with Crippen LogP contribution in [0.1, 0.15) is 54.4 Å². The molecule has 0 heterocycles. The minimum absolute atomic E-state index is 0.0655. The molecule has 0 rings (SSSR count). The number of rotatable bonds is 5. The number of carbonyl (C=O) groups is 3. The van der Waals surface area contributed by atoms with Crippen LogP contribution >= 0.6 is 0 Å². The summed E-state index contributed by atoms with van der Waals surface area (Å²) in [5, 5.41) is 9.96. The maximum atomic E-state index is 12.6. The summed E-state index contributed by atoms with van der Waals surface area (Å²) < 4.78 is 15.1. The van der Waals surface area contributed by atoms with Crippen LogP contribution in [0.2, 0.25) is 0 Å². The van der Waals surface area contributed by atoms with Gasteiger partial charge in [0.2, 0.25) is 0 Å². The molecule has 2 atom stereocenters. The molecular weight excluding hydrogens is 342 g/mol. The Morgan fingerprint density at radius 2 is 1.46 bits per heavy atom. The minimum Gasteiger partial charge on any atom is -0.467 e. The lowest BCUT2D eigenvalue weighted by atomic mass is 10.1. The fourth-order valence-corrected chi connectivity index (χ4v) is 1.87. The summed E-state index contributed by atoms with van der Waals surface area (Å²) in [5.41, 5.74) is -1.84. The first-order valence-corrected chi connectivity index (χ1v) is 8.16. The Hall–Kier alpha value is -2.27. The molecule has 0 fully saturated rings. The van der Waals surface area contributed by atoms with Crippen molar-refractivity contribution < 1.29 is 33.7 Å². The zero-order valence-corrected chi connectivity index (χ0v) is 16.5. The van der Waals surface area contributed by atoms with Crippen LogP contribution in [0.3, 0.4) is 0 Å². The molecule has 0 radical (unpaired) electrons. The highest BCUT2D eigenvalue weighted by molar-refractivity contribution is 5.94. The number of esters is 1. The van der Waals surface area contributed by atoms with E-state index in [0.29, 0.717) is 4.90 Å². The highest BCUT2D eigenvalue weighted by Gasteiger charge is 2.41. The van der Waals surface area contributed by atoms with E-state index in [1.165, 1.54) is 0 Å². The molecule has 0 aliphatic heterocycles. The number of aliphatic hydroxyl groups is 1. The third-order valence-electron chi connectivity index (χ3n) is 2.81. The van der Waals surface area contributed by atoms with Crippen LogP contribution in [0.4, 0.5) is 9.59 Å². The summed E-state index contributed by atoms with van der Waals surface area (Å²) in [4.78, 5) is 37.8. The summed E-state index contributed by atoms with van der Waals surface area (Å²) in [5.74, 6) is 1.35. The Kier molecular flexibility index (Phi) is 8.61. The topological polar surface area (TPSA) is 102 Å². The van der Waals surface area contributed by atoms with Gasteiger partial charge in [0.1, 0.15) is 17.2 Å². The number of imide groups is 1. The number of carbonyl (C=O) groups excluding carboxylic acids is 3. The Balaban J connectivity index is 5.85. The quantitative estimate of drug-likeness (QED) is 0.450. The zero-order valence-electron chi connectivity index (χ0n) is 16.5. The van der Waals surface area contributed by atoms with Gasteiger partial charge in [-0.1, -0.05) is 0 Å². The Bertz CT molecular complexity index is 523. The predicted octanol–water partition coefficient (Wildman–Crippen LogP) is 2.47. The number of methoxy groups -OCH3 is 1. The van der Waals surface area contributed by atoms with Gasteiger partial charge >= 0.3 is 18.2 Å². The van der Waals surface area contributed by atoms with E-state index in [1.54, 1.807) is 41.5 Å². The molecule has 148 valence electrons. The fraction of sp³-hybridized carbons (Fsp3) is 0.722. The Morgan fingerprint density at radius 1 is 1.04 bits per heavy atom. The van der Waals surface area contributed by atoms with Gasteiger partial charge in [-0.25, -0.2) is 14.4 Å². The third-order valence-corrected chi connectivity index (χ3v) is 2.81. The molecular formula is C18H29NO7. The number of hydrogen-bond acceptors (Lipinski definition) is 7. The van der Waals surface area contributed by atoms with Gasteiger partial charge in [-0.05, 0) is 41.5 Å². The van der Waals surface area contributed by atoms with E-state index in [4.69, 9.17) is 15.9 Å². The number of aliphatic hydroxyl groups excluding tert-OH is 1. The molecule has 0 bridgehead atoms. The first kappa shape index (κ1) is 23.7. The second kappa shape index (κ2) is 9.43. The molecule has 2 amide bonds. The lowest BCUT2D eigenvalue weighted by molar-refractivity contribution is -0.147. The van der Waals surface area contributed by atoms with Gasteiger partial charge in [-0.3, -0.25) is 0 Å². The van der Waals surface area contributed by atoms with Crippen molar-refractivity contribution in [2.24, 2.45) is 0 Å². The van der Waals surface area contributed by atoms with E-state index in [2.05, 4.69) is 10.7 Å². The first-order chi connectivity index (χ1) is 11.7. The highest BCUT2D eigenvalue weighted by atomic mass is 16.6. The van der Waals surface area contributed by atoms with E-state index in [9.17, 15) is 19.5 Å². The summed E-state index contributed by atoms with van der Waals surface area (Å²) in [6, 6.07) is -1.45. The molecule has 0 saturated carbocycles. The lowest BCUT2D eigenvalue weighted by Crippen LogP contribution is -2.53. The smallest absolute Gasteiger partial charge is 0.420 e. The van der Waals surface area contributed by atoms with Gasteiger partial charge in [-0.2, -0.15) is 4.90 Å². The van der Waals surface area contributed by atoms with Crippen LogP contribution in [0.5, 0.6) is 0 Å². The molecule has 0 spiro atoms. The second-order valence-corrected chi connectivity index (χ2v) is 7.67. The monoisotopic (exact) mass is 371 g/mol. The molecule has 0 aromatic heterocycles. The average molecular weight is 371 g/mol. The average Bonchev–Trinajstić information content (AvgIpc) is 2.42. The van der Waals surface area contributed by atoms with Crippen LogP contribution in [0.15, 0.2) is 0 Å². The molecule has 0 aromatic rings. The maximum absolute atomic E-state index is 12.6. The van der Waals surface area contributed by atoms with Crippen molar-refractivity contribution in [1.82, 2.24) is 4.90 Å². The molecule has 1 N–H and O–H groups in total. The zero-order chi connectivity index (χ0) is 20.7. The first-order valence-electron chi connectivity index (χ1n) is 8.16. The van der Waals surface area contributed by atoms with Crippen LogP contribution in [0, 0.1) is 12.3 Å². The number of ether oxygens (including phenoxy) is 3. The number of nitrogens with zero attached hydrogens (tertiary/aromatic N) is 1. The van der Waals surface area contributed by atoms with Gasteiger partial charge in [0.25, 0.3) is 0 Å². The van der Waals surface area contributed by atoms with Crippen molar-refractivity contribution in [2.75, 3.05) is 7.11 Å². The van der Waals surface area contributed by atoms with Crippen LogP contribution in [0.25, 0.3) is 0 Å². The summed E-state index contributed by atoms with van der Waals surface area (Å²) in [6.45, 7) is 9.66. The van der Waals surface area contributed by atoms with Gasteiger partial charge in [0.15, 0.2) is 0 Å². The van der Waals surface area contributed by atoms with Gasteiger partial charge in [-0.15, -0.1) is 12.3 Å². The van der Waals surface area contributed by atoms with E-state index >= 15 is 0 Å². The van der Waals surface area contributed by atoms with E-state index < -0.39 is 41.5 Å². The van der Waals surface area contributed by atoms with E-state index in [1.807, 2.05) is 0 Å². The van der Waals surface area contributed by atoms with Crippen molar-refractivity contribution in [2.45, 2.75) is 77.7 Å². The summed E-state index contributed by atoms with van der Waals surface area (Å²) in [6.07, 6.45) is 1.47. The van der Waals surface area contributed by atoms with Gasteiger partial charge in [0, 0.05) is 12.8 Å². The van der Waals surface area contributed by atoms with E-state index in [-0.39, 0.29) is 12.8 Å². The molecule has 8 heteroatoms. The molecule has 26 heavy (non-hydrogen) atoms. The van der Waals surface area contributed by atoms with Crippen molar-refractivity contribution in [1.29, 1.82) is 0 Å². The van der Waals surface area contributed by atoms with Crippen molar-refractivity contribution in [3.8, 4) is 12.3 Å². The number of terminal acetylenes is 1. The number of amides is 2. The third kappa shape index (κ3) is 8.72. The second-order valence-electron chi connectivity index (χ2n) is 7.67. The normalized spacial score (nSPS) is 13.8. The molecule has 0 aromatic carbocycles. The SMILES string of the molecule is C#CC[C@@H](O)C[C@@H](C(=O)OC)N(C(=O)OC(C)(C)C)C(=O)OC(C)(C)C. The van der Waals surface area contributed by atoms with E-state index in [0.717, 1.165) is 7.11 Å². The minimum atomic E-state index is -1.45. The standard InChI is InChI=1S/C18H29NO7/c1-9-10-12(20)11-13(14(21)24-8)19(15(22)25-17(2,3)4)16(23)26-18(5,6)7/h1,12-13,20H,10-11H2,2-8H3/t12-,13+/m1/s1. The van der Waals surface area contributed by atoms with Crippen molar-refractivity contribution >= 4 is 18.2 Å². The van der Waals surface area contributed by atoms with Crippen molar-refractivity contribution in [3.63, 3.8) is 0 Å². The maximum Gasteiger partial charge on any atom is 0.420 e. The summed E-state index contributed by atoms with van der Waals surface area (Å²) in [7, 11) is 1.10. The fourth-order valence-electron chi connectivity index (χ4n) is 1.87. The largest absolute Gasteiger partial charge is 0.467 e. The van der Waals surface area contributed by atoms with Gasteiger partial charge < -0.3 is 19.3 Å². The molecule has 0 aliphatic rings. The lowest BCUT2D eigenvalue weighted by Gasteiger charge is -2.32. The highest BCUT2D eigenvalue weighted by Crippen LogP contribution is 2.20. The number of hydrogen-bond donors (Lipinski definition) is 1. The van der Waals surface area contributed by atoms with Crippen LogP contribution in [-0.2, 0) is 19.0 Å². The Labute approximate surface area is 154 Å². The Morgan fingerprint density at radius 3 is 1.77 bits per heavy atom.